The van der Waals surface area contributed by atoms with Gasteiger partial charge in [-0.1, -0.05) is 12.8 Å². The van der Waals surface area contributed by atoms with E-state index in [0.717, 1.165) is 19.5 Å². The summed E-state index contributed by atoms with van der Waals surface area (Å²) in [4.78, 5) is 19.7. The second-order valence-corrected chi connectivity index (χ2v) is 5.31. The van der Waals surface area contributed by atoms with E-state index in [1.54, 1.807) is 0 Å². The Morgan fingerprint density at radius 2 is 1.85 bits per heavy atom. The van der Waals surface area contributed by atoms with Crippen molar-refractivity contribution >= 4 is 11.9 Å². The van der Waals surface area contributed by atoms with E-state index >= 15 is 0 Å². The molecule has 0 aromatic carbocycles. The van der Waals surface area contributed by atoms with Gasteiger partial charge in [0.1, 0.15) is 0 Å². The third-order valence-electron chi connectivity index (χ3n) is 3.96. The average Bonchev–Trinajstić information content (AvgIpc) is 2.70. The molecule has 20 heavy (non-hydrogen) atoms. The highest BCUT2D eigenvalue weighted by Gasteiger charge is 2.45. The van der Waals surface area contributed by atoms with Gasteiger partial charge in [0.15, 0.2) is 0 Å². The van der Waals surface area contributed by atoms with Crippen LogP contribution >= 0.6 is 0 Å². The summed E-state index contributed by atoms with van der Waals surface area (Å²) in [5.41, 5.74) is 0.101. The molecule has 8 heteroatoms. The Balaban J connectivity index is 0.000000246. The number of carboxylic acid groups (broad SMARTS) is 2. The summed E-state index contributed by atoms with van der Waals surface area (Å²) >= 11 is 0. The molecular formula is C12H18F3NO4. The fraction of sp³-hybridized carbons (Fsp3) is 0.833. The van der Waals surface area contributed by atoms with Crippen molar-refractivity contribution in [2.75, 3.05) is 13.1 Å². The van der Waals surface area contributed by atoms with Crippen LogP contribution in [0.5, 0.6) is 0 Å². The number of aliphatic carboxylic acids is 2. The molecule has 1 saturated carbocycles. The Morgan fingerprint density at radius 1 is 1.25 bits per heavy atom. The molecule has 0 amide bonds. The molecule has 3 N–H and O–H groups in total. The number of rotatable bonds is 2. The number of carboxylic acids is 2. The predicted octanol–water partition coefficient (Wildman–Crippen LogP) is 1.87. The van der Waals surface area contributed by atoms with Gasteiger partial charge in [-0.05, 0) is 30.7 Å². The van der Waals surface area contributed by atoms with Crippen LogP contribution in [0, 0.1) is 11.3 Å². The lowest BCUT2D eigenvalue weighted by atomic mass is 9.66. The summed E-state index contributed by atoms with van der Waals surface area (Å²) in [6.07, 6.45) is 0.112. The van der Waals surface area contributed by atoms with E-state index in [-0.39, 0.29) is 5.41 Å². The Bertz CT molecular complexity index is 372. The molecule has 5 nitrogen and oxygen atoms in total. The fourth-order valence-electron chi connectivity index (χ4n) is 3.02. The molecule has 2 aliphatic rings. The van der Waals surface area contributed by atoms with Crippen LogP contribution in [-0.2, 0) is 9.59 Å². The van der Waals surface area contributed by atoms with Gasteiger partial charge in [0, 0.05) is 6.54 Å². The molecule has 1 heterocycles. The molecule has 116 valence electrons. The van der Waals surface area contributed by atoms with E-state index in [1.165, 1.54) is 19.3 Å². The molecule has 2 rings (SSSR count). The summed E-state index contributed by atoms with van der Waals surface area (Å²) < 4.78 is 31.7. The zero-order valence-corrected chi connectivity index (χ0v) is 10.9. The number of hydrogen-bond donors (Lipinski definition) is 3. The first-order valence-corrected chi connectivity index (χ1v) is 6.40. The SMILES string of the molecule is O=C(O)C(F)(F)F.O=C(O)C[C@@]12CCCCC1CNC2. The summed E-state index contributed by atoms with van der Waals surface area (Å²) in [6.45, 7) is 1.96. The van der Waals surface area contributed by atoms with Gasteiger partial charge in [0.2, 0.25) is 0 Å². The van der Waals surface area contributed by atoms with Crippen molar-refractivity contribution in [3.8, 4) is 0 Å². The highest BCUT2D eigenvalue weighted by atomic mass is 19.4. The number of alkyl halides is 3. The summed E-state index contributed by atoms with van der Waals surface area (Å²) in [5.74, 6) is -2.76. The smallest absolute Gasteiger partial charge is 0.481 e. The van der Waals surface area contributed by atoms with Gasteiger partial charge in [-0.3, -0.25) is 4.79 Å². The van der Waals surface area contributed by atoms with Gasteiger partial charge in [-0.25, -0.2) is 4.79 Å². The first kappa shape index (κ1) is 16.7. The third-order valence-corrected chi connectivity index (χ3v) is 3.96. The van der Waals surface area contributed by atoms with Crippen LogP contribution in [0.15, 0.2) is 0 Å². The van der Waals surface area contributed by atoms with Crippen LogP contribution in [0.1, 0.15) is 32.1 Å². The second-order valence-electron chi connectivity index (χ2n) is 5.31. The van der Waals surface area contributed by atoms with Crippen LogP contribution in [0.2, 0.25) is 0 Å². The number of halogens is 3. The van der Waals surface area contributed by atoms with Crippen LogP contribution in [-0.4, -0.2) is 41.4 Å². The maximum Gasteiger partial charge on any atom is 0.490 e. The Kier molecular flexibility index (Phi) is 5.38. The molecule has 1 unspecified atom stereocenters. The van der Waals surface area contributed by atoms with Crippen LogP contribution in [0.4, 0.5) is 13.2 Å². The highest BCUT2D eigenvalue weighted by Crippen LogP contribution is 2.46. The van der Waals surface area contributed by atoms with E-state index in [1.807, 2.05) is 0 Å². The average molecular weight is 297 g/mol. The third kappa shape index (κ3) is 4.36. The molecule has 0 bridgehead atoms. The minimum Gasteiger partial charge on any atom is -0.481 e. The standard InChI is InChI=1S/C10H17NO2.C2HF3O2/c12-9(13)5-10-4-2-1-3-8(10)6-11-7-10;3-2(4,5)1(6)7/h8,11H,1-7H2,(H,12,13);(H,6,7)/t8?,10-;/m1./s1. The van der Waals surface area contributed by atoms with Gasteiger partial charge < -0.3 is 15.5 Å². The zero-order chi connectivity index (χ0) is 15.4. The zero-order valence-electron chi connectivity index (χ0n) is 10.9. The van der Waals surface area contributed by atoms with Crippen LogP contribution in [0.25, 0.3) is 0 Å². The van der Waals surface area contributed by atoms with E-state index in [9.17, 15) is 18.0 Å². The maximum atomic E-state index is 10.8. The van der Waals surface area contributed by atoms with Gasteiger partial charge in [-0.15, -0.1) is 0 Å². The molecule has 1 aliphatic heterocycles. The van der Waals surface area contributed by atoms with Crippen molar-refractivity contribution in [1.29, 1.82) is 0 Å². The molecule has 0 aromatic heterocycles. The topological polar surface area (TPSA) is 86.6 Å². The number of carbonyl (C=O) groups is 2. The van der Waals surface area contributed by atoms with Crippen molar-refractivity contribution in [3.05, 3.63) is 0 Å². The molecule has 0 aromatic rings. The van der Waals surface area contributed by atoms with Crippen molar-refractivity contribution < 1.29 is 33.0 Å². The van der Waals surface area contributed by atoms with Crippen molar-refractivity contribution in [3.63, 3.8) is 0 Å². The van der Waals surface area contributed by atoms with E-state index in [4.69, 9.17) is 15.0 Å². The Hall–Kier alpha value is -1.31. The van der Waals surface area contributed by atoms with E-state index < -0.39 is 18.1 Å². The maximum absolute atomic E-state index is 10.8. The Morgan fingerprint density at radius 3 is 2.35 bits per heavy atom. The van der Waals surface area contributed by atoms with E-state index in [2.05, 4.69) is 5.32 Å². The second kappa shape index (κ2) is 6.43. The van der Waals surface area contributed by atoms with Gasteiger partial charge in [0.25, 0.3) is 0 Å². The summed E-state index contributed by atoms with van der Waals surface area (Å²) in [5, 5.41) is 19.4. The van der Waals surface area contributed by atoms with Gasteiger partial charge >= 0.3 is 18.1 Å². The summed E-state index contributed by atoms with van der Waals surface area (Å²) in [7, 11) is 0. The van der Waals surface area contributed by atoms with Crippen molar-refractivity contribution in [1.82, 2.24) is 5.32 Å². The predicted molar refractivity (Wildman–Crippen MR) is 63.2 cm³/mol. The van der Waals surface area contributed by atoms with Crippen molar-refractivity contribution in [2.45, 2.75) is 38.3 Å². The molecule has 2 atom stereocenters. The largest absolute Gasteiger partial charge is 0.490 e. The normalized spacial score (nSPS) is 29.1. The molecule has 0 spiro atoms. The van der Waals surface area contributed by atoms with Crippen molar-refractivity contribution in [2.24, 2.45) is 11.3 Å². The number of fused-ring (bicyclic) bond motifs is 1. The quantitative estimate of drug-likeness (QED) is 0.724. The van der Waals surface area contributed by atoms with Crippen LogP contribution < -0.4 is 5.32 Å². The fourth-order valence-corrected chi connectivity index (χ4v) is 3.02. The first-order valence-electron chi connectivity index (χ1n) is 6.40. The lowest BCUT2D eigenvalue weighted by Crippen LogP contribution is -2.35. The van der Waals surface area contributed by atoms with Gasteiger partial charge in [0.05, 0.1) is 6.42 Å². The number of hydrogen-bond acceptors (Lipinski definition) is 3. The molecule has 0 radical (unpaired) electrons. The minimum atomic E-state index is -5.08. The minimum absolute atomic E-state index is 0.101. The molecule has 1 saturated heterocycles. The first-order chi connectivity index (χ1) is 9.17. The van der Waals surface area contributed by atoms with Crippen LogP contribution in [0.3, 0.4) is 0 Å². The monoisotopic (exact) mass is 297 g/mol. The summed E-state index contributed by atoms with van der Waals surface area (Å²) in [6, 6.07) is 0. The molecule has 1 aliphatic carbocycles. The molecule has 2 fully saturated rings. The lowest BCUT2D eigenvalue weighted by Gasteiger charge is -2.37. The Labute approximate surface area is 114 Å². The van der Waals surface area contributed by atoms with E-state index in [0.29, 0.717) is 12.3 Å². The number of nitrogens with one attached hydrogen (secondary N) is 1. The highest BCUT2D eigenvalue weighted by molar-refractivity contribution is 5.73. The lowest BCUT2D eigenvalue weighted by molar-refractivity contribution is -0.192. The molecular weight excluding hydrogens is 279 g/mol. The van der Waals surface area contributed by atoms with Gasteiger partial charge in [-0.2, -0.15) is 13.2 Å².